The van der Waals surface area contributed by atoms with E-state index in [4.69, 9.17) is 32.7 Å². The Bertz CT molecular complexity index is 1270. The number of halogens is 3. The number of hydrogen-bond acceptors (Lipinski definition) is 7. The molecule has 39 heavy (non-hydrogen) atoms. The van der Waals surface area contributed by atoms with E-state index < -0.39 is 10.0 Å². The summed E-state index contributed by atoms with van der Waals surface area (Å²) in [4.78, 5) is 14.4. The maximum Gasteiger partial charge on any atom is 0.315 e. The topological polar surface area (TPSA) is 124 Å². The number of nitrogens with zero attached hydrogens (tertiary/aromatic N) is 3. The van der Waals surface area contributed by atoms with Crippen molar-refractivity contribution >= 4 is 51.7 Å². The minimum Gasteiger partial charge on any atom is -0.456 e. The highest BCUT2D eigenvalue weighted by molar-refractivity contribution is 7.89. The van der Waals surface area contributed by atoms with E-state index in [2.05, 4.69) is 15.5 Å². The van der Waals surface area contributed by atoms with Crippen molar-refractivity contribution in [1.29, 1.82) is 5.26 Å². The van der Waals surface area contributed by atoms with E-state index in [1.807, 2.05) is 6.07 Å². The third-order valence-electron chi connectivity index (χ3n) is 6.36. The fourth-order valence-corrected chi connectivity index (χ4v) is 6.46. The Hall–Kier alpha value is -2.30. The summed E-state index contributed by atoms with van der Waals surface area (Å²) in [5.41, 5.74) is 0.186. The molecule has 4 rings (SSSR count). The van der Waals surface area contributed by atoms with E-state index in [-0.39, 0.29) is 59.5 Å². The standard InChI is InChI=1S/C25H29Cl2N5O5S.ClH/c26-19-14-20(27)16-22(15-19)37-23-2-1-18(17-28)13-24(23)38(34,35)32-6-3-21(4-7-32)30-25(33)29-5-8-31-9-11-36-12-10-31;/h1-2,13-16,21H,3-12H2,(H2,29,30,33);1H. The molecular weight excluding hydrogens is 589 g/mol. The number of nitrogens with one attached hydrogen (secondary N) is 2. The van der Waals surface area contributed by atoms with Crippen molar-refractivity contribution in [3.05, 3.63) is 52.0 Å². The van der Waals surface area contributed by atoms with E-state index in [0.717, 1.165) is 19.6 Å². The third kappa shape index (κ3) is 8.59. The number of piperidine rings is 1. The Morgan fingerprint density at radius 1 is 1.08 bits per heavy atom. The second-order valence-electron chi connectivity index (χ2n) is 9.01. The summed E-state index contributed by atoms with van der Waals surface area (Å²) in [6, 6.07) is 10.3. The summed E-state index contributed by atoms with van der Waals surface area (Å²) in [5, 5.41) is 15.8. The highest BCUT2D eigenvalue weighted by atomic mass is 35.5. The zero-order valence-corrected chi connectivity index (χ0v) is 24.2. The van der Waals surface area contributed by atoms with Crippen LogP contribution in [-0.4, -0.2) is 82.2 Å². The van der Waals surface area contributed by atoms with Crippen molar-refractivity contribution in [3.63, 3.8) is 0 Å². The quantitative estimate of drug-likeness (QED) is 0.460. The van der Waals surface area contributed by atoms with E-state index in [9.17, 15) is 18.5 Å². The van der Waals surface area contributed by atoms with E-state index in [1.54, 1.807) is 0 Å². The van der Waals surface area contributed by atoms with Crippen molar-refractivity contribution in [1.82, 2.24) is 19.8 Å². The lowest BCUT2D eigenvalue weighted by molar-refractivity contribution is 0.0387. The number of benzene rings is 2. The number of ether oxygens (including phenoxy) is 2. The normalized spacial score (nSPS) is 17.1. The number of carbonyl (C=O) groups is 1. The first-order valence-corrected chi connectivity index (χ1v) is 14.5. The first-order chi connectivity index (χ1) is 18.2. The van der Waals surface area contributed by atoms with Crippen LogP contribution in [0.25, 0.3) is 0 Å². The number of urea groups is 1. The monoisotopic (exact) mass is 617 g/mol. The van der Waals surface area contributed by atoms with E-state index in [1.165, 1.54) is 40.7 Å². The molecule has 2 fully saturated rings. The van der Waals surface area contributed by atoms with Crippen LogP contribution in [0.15, 0.2) is 41.3 Å². The average molecular weight is 619 g/mol. The number of morpholine rings is 1. The van der Waals surface area contributed by atoms with E-state index in [0.29, 0.717) is 42.6 Å². The zero-order chi connectivity index (χ0) is 27.1. The smallest absolute Gasteiger partial charge is 0.315 e. The fourth-order valence-electron chi connectivity index (χ4n) is 4.35. The summed E-state index contributed by atoms with van der Waals surface area (Å²) < 4.78 is 39.7. The van der Waals surface area contributed by atoms with Crippen molar-refractivity contribution in [2.24, 2.45) is 0 Å². The summed E-state index contributed by atoms with van der Waals surface area (Å²) in [5.74, 6) is 0.327. The van der Waals surface area contributed by atoms with Crippen molar-refractivity contribution in [2.75, 3.05) is 52.5 Å². The molecule has 2 N–H and O–H groups in total. The minimum absolute atomic E-state index is 0. The third-order valence-corrected chi connectivity index (χ3v) is 8.72. The van der Waals surface area contributed by atoms with E-state index >= 15 is 0 Å². The van der Waals surface area contributed by atoms with Gasteiger partial charge in [-0.15, -0.1) is 12.4 Å². The number of amides is 2. The number of sulfonamides is 1. The lowest BCUT2D eigenvalue weighted by atomic mass is 10.1. The molecule has 0 unspecified atom stereocenters. The van der Waals surface area contributed by atoms with Crippen molar-refractivity contribution < 1.29 is 22.7 Å². The summed E-state index contributed by atoms with van der Waals surface area (Å²) in [6.07, 6.45) is 0.905. The van der Waals surface area contributed by atoms with Gasteiger partial charge >= 0.3 is 6.03 Å². The van der Waals surface area contributed by atoms with Gasteiger partial charge in [-0.05, 0) is 49.2 Å². The van der Waals surface area contributed by atoms with Gasteiger partial charge in [0.25, 0.3) is 0 Å². The van der Waals surface area contributed by atoms with Gasteiger partial charge in [-0.2, -0.15) is 9.57 Å². The number of hydrogen-bond donors (Lipinski definition) is 2. The fraction of sp³-hybridized carbons (Fsp3) is 0.440. The van der Waals surface area contributed by atoms with Crippen LogP contribution in [0.3, 0.4) is 0 Å². The predicted molar refractivity (Wildman–Crippen MR) is 151 cm³/mol. The summed E-state index contributed by atoms with van der Waals surface area (Å²) in [6.45, 7) is 4.81. The zero-order valence-electron chi connectivity index (χ0n) is 21.1. The first kappa shape index (κ1) is 31.2. The van der Waals surface area contributed by atoms with Gasteiger partial charge in [0.2, 0.25) is 10.0 Å². The Labute approximate surface area is 244 Å². The molecule has 14 heteroatoms. The SMILES string of the molecule is Cl.N#Cc1ccc(Oc2cc(Cl)cc(Cl)c2)c(S(=O)(=O)N2CCC(NC(=O)NCCN3CCOCC3)CC2)c1. The lowest BCUT2D eigenvalue weighted by Crippen LogP contribution is -2.50. The Kier molecular flexibility index (Phi) is 11.5. The molecule has 0 bridgehead atoms. The average Bonchev–Trinajstić information content (AvgIpc) is 2.89. The van der Waals surface area contributed by atoms with Crippen LogP contribution in [0, 0.1) is 11.3 Å². The molecule has 0 spiro atoms. The van der Waals surface area contributed by atoms with Gasteiger partial charge in [0, 0.05) is 55.4 Å². The molecule has 0 aromatic heterocycles. The Balaban J connectivity index is 0.00000420. The first-order valence-electron chi connectivity index (χ1n) is 12.3. The second kappa shape index (κ2) is 14.4. The van der Waals surface area contributed by atoms with Gasteiger partial charge in [0.15, 0.2) is 0 Å². The largest absolute Gasteiger partial charge is 0.456 e. The van der Waals surface area contributed by atoms with Crippen LogP contribution in [0.5, 0.6) is 11.5 Å². The number of nitriles is 1. The molecule has 2 aliphatic heterocycles. The van der Waals surface area contributed by atoms with Gasteiger partial charge in [-0.3, -0.25) is 4.90 Å². The van der Waals surface area contributed by atoms with Crippen molar-refractivity contribution in [2.45, 2.75) is 23.8 Å². The molecule has 10 nitrogen and oxygen atoms in total. The van der Waals surface area contributed by atoms with Crippen LogP contribution in [0.4, 0.5) is 4.79 Å². The molecule has 2 aromatic rings. The molecule has 2 aliphatic rings. The van der Waals surface area contributed by atoms with Crippen LogP contribution >= 0.6 is 35.6 Å². The molecule has 2 heterocycles. The number of carbonyl (C=O) groups excluding carboxylic acids is 1. The molecular formula is C25H30Cl3N5O5S. The Morgan fingerprint density at radius 3 is 2.38 bits per heavy atom. The van der Waals surface area contributed by atoms with Gasteiger partial charge in [-0.1, -0.05) is 23.2 Å². The molecule has 2 amide bonds. The van der Waals surface area contributed by atoms with Crippen molar-refractivity contribution in [3.8, 4) is 17.6 Å². The van der Waals surface area contributed by atoms with Crippen LogP contribution in [0.1, 0.15) is 18.4 Å². The highest BCUT2D eigenvalue weighted by Crippen LogP contribution is 2.35. The Morgan fingerprint density at radius 2 is 1.74 bits per heavy atom. The van der Waals surface area contributed by atoms with Gasteiger partial charge in [0.05, 0.1) is 24.8 Å². The van der Waals surface area contributed by atoms with Gasteiger partial charge < -0.3 is 20.1 Å². The predicted octanol–water partition coefficient (Wildman–Crippen LogP) is 3.86. The van der Waals surface area contributed by atoms with Crippen LogP contribution in [-0.2, 0) is 14.8 Å². The minimum atomic E-state index is -4.00. The molecule has 2 aromatic carbocycles. The van der Waals surface area contributed by atoms with Gasteiger partial charge in [0.1, 0.15) is 16.4 Å². The molecule has 2 saturated heterocycles. The molecule has 0 radical (unpaired) electrons. The maximum absolute atomic E-state index is 13.6. The molecule has 0 saturated carbocycles. The highest BCUT2D eigenvalue weighted by Gasteiger charge is 2.32. The summed E-state index contributed by atoms with van der Waals surface area (Å²) in [7, 11) is -4.00. The van der Waals surface area contributed by atoms with Crippen LogP contribution in [0.2, 0.25) is 10.0 Å². The summed E-state index contributed by atoms with van der Waals surface area (Å²) >= 11 is 12.1. The molecule has 0 aliphatic carbocycles. The maximum atomic E-state index is 13.6. The molecule has 212 valence electrons. The van der Waals surface area contributed by atoms with Gasteiger partial charge in [-0.25, -0.2) is 13.2 Å². The van der Waals surface area contributed by atoms with Crippen LogP contribution < -0.4 is 15.4 Å². The second-order valence-corrected chi connectivity index (χ2v) is 11.8. The number of rotatable bonds is 8. The molecule has 0 atom stereocenters. The lowest BCUT2D eigenvalue weighted by Gasteiger charge is -2.32.